The third-order valence-corrected chi connectivity index (χ3v) is 11.0. The van der Waals surface area contributed by atoms with Gasteiger partial charge >= 0.3 is 0 Å². The largest absolute Gasteiger partial charge is 0.365 e. The van der Waals surface area contributed by atoms with Crippen molar-refractivity contribution in [3.63, 3.8) is 0 Å². The van der Waals surface area contributed by atoms with E-state index in [0.717, 1.165) is 44.7 Å². The van der Waals surface area contributed by atoms with Crippen molar-refractivity contribution in [1.29, 1.82) is 0 Å². The Balaban J connectivity index is 1.06. The number of hydrogen-bond acceptors (Lipinski definition) is 9. The van der Waals surface area contributed by atoms with Crippen molar-refractivity contribution < 1.29 is 13.2 Å². The number of anilines is 3. The van der Waals surface area contributed by atoms with E-state index >= 15 is 0 Å². The van der Waals surface area contributed by atoms with Gasteiger partial charge in [-0.1, -0.05) is 23.7 Å². The van der Waals surface area contributed by atoms with Crippen molar-refractivity contribution in [1.82, 2.24) is 38.5 Å². The van der Waals surface area contributed by atoms with Crippen molar-refractivity contribution in [2.24, 2.45) is 0 Å². The molecule has 3 aliphatic heterocycles. The van der Waals surface area contributed by atoms with Crippen molar-refractivity contribution in [2.45, 2.75) is 36.4 Å². The van der Waals surface area contributed by atoms with Crippen LogP contribution in [0.1, 0.15) is 12.8 Å². The fourth-order valence-corrected chi connectivity index (χ4v) is 8.70. The van der Waals surface area contributed by atoms with Crippen LogP contribution in [-0.2, 0) is 21.4 Å². The summed E-state index contributed by atoms with van der Waals surface area (Å²) in [6.07, 6.45) is 6.84. The van der Waals surface area contributed by atoms with Gasteiger partial charge in [0.25, 0.3) is 0 Å². The first-order valence-corrected chi connectivity index (χ1v) is 16.2. The van der Waals surface area contributed by atoms with Crippen molar-refractivity contribution in [3.8, 4) is 0 Å². The van der Waals surface area contributed by atoms with Gasteiger partial charge in [-0.3, -0.25) is 9.48 Å². The molecular weight excluding hydrogens is 592 g/mol. The maximum absolute atomic E-state index is 13.6. The van der Waals surface area contributed by atoms with Gasteiger partial charge in [0.15, 0.2) is 5.65 Å². The van der Waals surface area contributed by atoms with Gasteiger partial charge < -0.3 is 20.0 Å². The number of amides is 1. The lowest BCUT2D eigenvalue weighted by Gasteiger charge is -2.41. The molecule has 3 aromatic heterocycles. The molecule has 2 bridgehead atoms. The van der Waals surface area contributed by atoms with Gasteiger partial charge in [0.05, 0.1) is 22.6 Å². The lowest BCUT2D eigenvalue weighted by atomic mass is 10.2. The summed E-state index contributed by atoms with van der Waals surface area (Å²) in [6, 6.07) is 10.2. The zero-order chi connectivity index (χ0) is 29.7. The number of sulfonamides is 1. The topological polar surface area (TPSA) is 124 Å². The Morgan fingerprint density at radius 3 is 2.53 bits per heavy atom. The minimum absolute atomic E-state index is 0.0481. The van der Waals surface area contributed by atoms with E-state index < -0.39 is 10.0 Å². The summed E-state index contributed by atoms with van der Waals surface area (Å²) in [6.45, 7) is 4.46. The van der Waals surface area contributed by atoms with Crippen molar-refractivity contribution >= 4 is 50.5 Å². The number of fused-ring (bicyclic) bond motifs is 3. The smallest absolute Gasteiger partial charge is 0.247 e. The van der Waals surface area contributed by atoms with Crippen LogP contribution in [0.5, 0.6) is 0 Å². The first kappa shape index (κ1) is 28.1. The quantitative estimate of drug-likeness (QED) is 0.329. The molecule has 1 N–H and O–H groups in total. The van der Waals surface area contributed by atoms with Crippen LogP contribution in [0.2, 0.25) is 5.02 Å². The van der Waals surface area contributed by atoms with Gasteiger partial charge in [0.1, 0.15) is 11.4 Å². The minimum Gasteiger partial charge on any atom is -0.365 e. The summed E-state index contributed by atoms with van der Waals surface area (Å²) in [4.78, 5) is 23.9. The van der Waals surface area contributed by atoms with E-state index in [0.29, 0.717) is 30.4 Å². The van der Waals surface area contributed by atoms with Crippen molar-refractivity contribution in [2.75, 3.05) is 56.5 Å². The minimum atomic E-state index is -3.72. The van der Waals surface area contributed by atoms with Gasteiger partial charge in [-0.2, -0.15) is 14.4 Å². The van der Waals surface area contributed by atoms with E-state index in [9.17, 15) is 13.2 Å². The van der Waals surface area contributed by atoms with Crippen LogP contribution in [0.15, 0.2) is 59.9 Å². The summed E-state index contributed by atoms with van der Waals surface area (Å²) in [5.41, 5.74) is 2.24. The molecule has 3 fully saturated rings. The van der Waals surface area contributed by atoms with E-state index in [1.165, 1.54) is 0 Å². The van der Waals surface area contributed by atoms with E-state index in [2.05, 4.69) is 32.4 Å². The number of carbonyl (C=O) groups excluding carboxylic acids is 1. The zero-order valence-electron chi connectivity index (χ0n) is 23.8. The average molecular weight is 625 g/mol. The molecule has 0 aliphatic carbocycles. The van der Waals surface area contributed by atoms with Crippen LogP contribution >= 0.6 is 11.6 Å². The second-order valence-electron chi connectivity index (χ2n) is 11.4. The molecule has 1 aromatic carbocycles. The van der Waals surface area contributed by atoms with Crippen LogP contribution in [0, 0.1) is 0 Å². The molecular formula is C28H33ClN10O3S. The number of hydrogen-bond donors (Lipinski definition) is 1. The molecule has 2 unspecified atom stereocenters. The molecule has 43 heavy (non-hydrogen) atoms. The van der Waals surface area contributed by atoms with Gasteiger partial charge in [-0.05, 0) is 44.2 Å². The molecule has 2 atom stereocenters. The summed E-state index contributed by atoms with van der Waals surface area (Å²) in [7, 11) is -1.66. The van der Waals surface area contributed by atoms with Gasteiger partial charge in [0, 0.05) is 63.7 Å². The third kappa shape index (κ3) is 5.32. The lowest BCUT2D eigenvalue weighted by molar-refractivity contribution is -0.133. The highest BCUT2D eigenvalue weighted by atomic mass is 35.5. The fraction of sp³-hybridized carbons (Fsp3) is 0.429. The van der Waals surface area contributed by atoms with Gasteiger partial charge in [-0.15, -0.1) is 5.10 Å². The Morgan fingerprint density at radius 2 is 1.79 bits per heavy atom. The predicted octanol–water partition coefficient (Wildman–Crippen LogP) is 2.14. The Kier molecular flexibility index (Phi) is 7.24. The van der Waals surface area contributed by atoms with Gasteiger partial charge in [-0.25, -0.2) is 12.9 Å². The number of likely N-dealkylation sites (N-methyl/N-ethyl adjacent to an activating group) is 1. The van der Waals surface area contributed by atoms with Crippen LogP contribution < -0.4 is 10.2 Å². The van der Waals surface area contributed by atoms with E-state index in [1.54, 1.807) is 50.2 Å². The highest BCUT2D eigenvalue weighted by Crippen LogP contribution is 2.39. The summed E-state index contributed by atoms with van der Waals surface area (Å²) in [5, 5.41) is 12.4. The number of halogens is 1. The number of piperazine rings is 2. The number of aromatic nitrogens is 5. The van der Waals surface area contributed by atoms with Crippen LogP contribution in [0.3, 0.4) is 0 Å². The Bertz CT molecular complexity index is 1750. The van der Waals surface area contributed by atoms with E-state index in [1.807, 2.05) is 23.2 Å². The SMILES string of the molecule is CN1CCN(C(=O)Cn2cc(Nc3nc4c(N5CC6CCC(C5)N6S(=O)(=O)c5ccccc5Cl)cccn4n3)cn2)CC1. The molecule has 4 aromatic rings. The third-order valence-electron chi connectivity index (χ3n) is 8.53. The predicted molar refractivity (Wildman–Crippen MR) is 162 cm³/mol. The van der Waals surface area contributed by atoms with Crippen LogP contribution in [0.4, 0.5) is 17.3 Å². The van der Waals surface area contributed by atoms with Crippen LogP contribution in [-0.4, -0.2) is 111 Å². The number of nitrogens with zero attached hydrogens (tertiary/aromatic N) is 9. The molecule has 226 valence electrons. The molecule has 3 aliphatic rings. The summed E-state index contributed by atoms with van der Waals surface area (Å²) in [5.74, 6) is 0.451. The normalized spacial score (nSPS) is 21.5. The molecule has 15 heteroatoms. The molecule has 0 saturated carbocycles. The average Bonchev–Trinajstić information content (AvgIpc) is 3.69. The van der Waals surface area contributed by atoms with Crippen molar-refractivity contribution in [3.05, 3.63) is 60.0 Å². The highest BCUT2D eigenvalue weighted by molar-refractivity contribution is 7.89. The molecule has 7 rings (SSSR count). The number of rotatable bonds is 7. The molecule has 0 radical (unpaired) electrons. The Hall–Kier alpha value is -3.72. The number of pyridine rings is 1. The van der Waals surface area contributed by atoms with Crippen LogP contribution in [0.25, 0.3) is 5.65 Å². The first-order chi connectivity index (χ1) is 20.8. The molecule has 1 amide bonds. The number of carbonyl (C=O) groups is 1. The summed E-state index contributed by atoms with van der Waals surface area (Å²) < 4.78 is 32.2. The lowest BCUT2D eigenvalue weighted by Crippen LogP contribution is -2.55. The Labute approximate surface area is 254 Å². The standard InChI is InChI=1S/C28H33ClN10O3S/c1-34-11-13-35(14-12-34)26(40)19-37-16-20(15-30-37)31-28-32-27-24(6-4-10-38(27)33-28)36-17-21-8-9-22(18-36)39(21)43(41,42)25-7-3-2-5-23(25)29/h2-7,10,15-16,21-22H,8-9,11-14,17-19H2,1H3,(H,31,33). The second-order valence-corrected chi connectivity index (χ2v) is 13.6. The Morgan fingerprint density at radius 1 is 1.05 bits per heavy atom. The zero-order valence-corrected chi connectivity index (χ0v) is 25.3. The first-order valence-electron chi connectivity index (χ1n) is 14.4. The molecule has 6 heterocycles. The molecule has 13 nitrogen and oxygen atoms in total. The monoisotopic (exact) mass is 624 g/mol. The van der Waals surface area contributed by atoms with Gasteiger partial charge in [0.2, 0.25) is 21.9 Å². The van der Waals surface area contributed by atoms with E-state index in [-0.39, 0.29) is 34.5 Å². The van der Waals surface area contributed by atoms with E-state index in [4.69, 9.17) is 16.6 Å². The molecule has 0 spiro atoms. The number of nitrogens with one attached hydrogen (secondary N) is 1. The fourth-order valence-electron chi connectivity index (χ4n) is 6.35. The maximum Gasteiger partial charge on any atom is 0.247 e. The number of benzene rings is 1. The maximum atomic E-state index is 13.6. The molecule has 3 saturated heterocycles. The second kappa shape index (κ2) is 11.1. The summed E-state index contributed by atoms with van der Waals surface area (Å²) >= 11 is 6.29. The highest BCUT2D eigenvalue weighted by Gasteiger charge is 2.47.